The molecule has 0 spiro atoms. The predicted octanol–water partition coefficient (Wildman–Crippen LogP) is 0.330. The van der Waals surface area contributed by atoms with Crippen LogP contribution in [0.3, 0.4) is 0 Å². The summed E-state index contributed by atoms with van der Waals surface area (Å²) in [6, 6.07) is 1.42. The van der Waals surface area contributed by atoms with Gasteiger partial charge in [0.05, 0.1) is 12.6 Å². The van der Waals surface area contributed by atoms with E-state index in [-0.39, 0.29) is 11.8 Å². The van der Waals surface area contributed by atoms with Crippen LogP contribution < -0.4 is 0 Å². The van der Waals surface area contributed by atoms with Gasteiger partial charge in [-0.2, -0.15) is 0 Å². The molecular weight excluding hydrogens is 212 g/mol. The average Bonchev–Trinajstić information content (AvgIpc) is 2.66. The van der Waals surface area contributed by atoms with Gasteiger partial charge in [-0.25, -0.2) is 4.79 Å². The predicted molar refractivity (Wildman–Crippen MR) is 54.0 cm³/mol. The minimum atomic E-state index is -1.09. The molecule has 1 fully saturated rings. The minimum Gasteiger partial charge on any atom is -0.476 e. The molecule has 6 heteroatoms. The van der Waals surface area contributed by atoms with Gasteiger partial charge in [-0.1, -0.05) is 5.16 Å². The maximum absolute atomic E-state index is 10.6. The van der Waals surface area contributed by atoms with Crippen LogP contribution in [0.2, 0.25) is 0 Å². The highest BCUT2D eigenvalue weighted by atomic mass is 16.5. The highest BCUT2D eigenvalue weighted by molar-refractivity contribution is 5.85. The Morgan fingerprint density at radius 3 is 3.12 bits per heavy atom. The molecule has 1 aliphatic heterocycles. The van der Waals surface area contributed by atoms with Gasteiger partial charge in [-0.15, -0.1) is 0 Å². The van der Waals surface area contributed by atoms with E-state index >= 15 is 0 Å². The molecule has 2 rings (SSSR count). The number of hydrogen-bond acceptors (Lipinski definition) is 5. The van der Waals surface area contributed by atoms with Crippen molar-refractivity contribution in [3.8, 4) is 0 Å². The third-order valence-corrected chi connectivity index (χ3v) is 2.64. The second-order valence-corrected chi connectivity index (χ2v) is 4.01. The van der Waals surface area contributed by atoms with E-state index in [0.717, 1.165) is 19.4 Å². The fraction of sp³-hybridized carbons (Fsp3) is 0.600. The average molecular weight is 226 g/mol. The van der Waals surface area contributed by atoms with Crippen LogP contribution in [-0.2, 0) is 6.54 Å². The van der Waals surface area contributed by atoms with Crippen LogP contribution in [0.4, 0.5) is 0 Å². The first-order chi connectivity index (χ1) is 7.65. The van der Waals surface area contributed by atoms with Crippen LogP contribution >= 0.6 is 0 Å². The van der Waals surface area contributed by atoms with Gasteiger partial charge in [0.15, 0.2) is 11.5 Å². The second-order valence-electron chi connectivity index (χ2n) is 4.01. The second kappa shape index (κ2) is 4.63. The summed E-state index contributed by atoms with van der Waals surface area (Å²) in [5.74, 6) is -0.569. The molecule has 0 radical (unpaired) electrons. The van der Waals surface area contributed by atoms with Crippen LogP contribution in [0.25, 0.3) is 0 Å². The number of nitrogens with zero attached hydrogens (tertiary/aromatic N) is 2. The number of hydrogen-bond donors (Lipinski definition) is 2. The number of aromatic nitrogens is 1. The van der Waals surface area contributed by atoms with Crippen molar-refractivity contribution in [2.45, 2.75) is 25.5 Å². The van der Waals surface area contributed by atoms with E-state index in [1.165, 1.54) is 6.07 Å². The number of carbonyl (C=O) groups is 1. The molecule has 0 amide bonds. The molecule has 1 atom stereocenters. The number of aliphatic hydroxyl groups is 1. The quantitative estimate of drug-likeness (QED) is 0.772. The SMILES string of the molecule is O=C(O)c1cc(CN2CCCC(O)C2)on1. The molecule has 1 aromatic rings. The summed E-state index contributed by atoms with van der Waals surface area (Å²) in [6.07, 6.45) is 1.48. The largest absolute Gasteiger partial charge is 0.476 e. The number of carboxylic acid groups (broad SMARTS) is 1. The topological polar surface area (TPSA) is 86.8 Å². The lowest BCUT2D eigenvalue weighted by molar-refractivity contribution is 0.0622. The van der Waals surface area contributed by atoms with Crippen molar-refractivity contribution in [1.82, 2.24) is 10.1 Å². The molecule has 1 saturated heterocycles. The number of piperidine rings is 1. The first-order valence-electron chi connectivity index (χ1n) is 5.24. The number of β-amino-alcohol motifs (C(OH)–C–C–N with tert-alkyl or cyclic N) is 1. The molecule has 0 bridgehead atoms. The van der Waals surface area contributed by atoms with E-state index in [1.54, 1.807) is 0 Å². The maximum Gasteiger partial charge on any atom is 0.358 e. The molecule has 2 N–H and O–H groups in total. The van der Waals surface area contributed by atoms with E-state index in [2.05, 4.69) is 5.16 Å². The highest BCUT2D eigenvalue weighted by Crippen LogP contribution is 2.14. The van der Waals surface area contributed by atoms with Gasteiger partial charge in [-0.3, -0.25) is 4.90 Å². The van der Waals surface area contributed by atoms with Crippen molar-refractivity contribution < 1.29 is 19.5 Å². The van der Waals surface area contributed by atoms with Gasteiger partial charge in [0.25, 0.3) is 0 Å². The van der Waals surface area contributed by atoms with E-state index in [9.17, 15) is 9.90 Å². The Kier molecular flexibility index (Phi) is 3.21. The van der Waals surface area contributed by atoms with Gasteiger partial charge in [-0.05, 0) is 19.4 Å². The van der Waals surface area contributed by atoms with Crippen LogP contribution in [0, 0.1) is 0 Å². The Morgan fingerprint density at radius 1 is 1.69 bits per heavy atom. The summed E-state index contributed by atoms with van der Waals surface area (Å²) in [7, 11) is 0. The molecule has 1 aromatic heterocycles. The van der Waals surface area contributed by atoms with Gasteiger partial charge >= 0.3 is 5.97 Å². The molecule has 2 heterocycles. The Labute approximate surface area is 92.5 Å². The number of carboxylic acids is 1. The van der Waals surface area contributed by atoms with Gasteiger partial charge in [0.1, 0.15) is 0 Å². The zero-order chi connectivity index (χ0) is 11.5. The minimum absolute atomic E-state index is 0.0763. The zero-order valence-corrected chi connectivity index (χ0v) is 8.80. The Morgan fingerprint density at radius 2 is 2.50 bits per heavy atom. The number of rotatable bonds is 3. The first kappa shape index (κ1) is 11.1. The van der Waals surface area contributed by atoms with Crippen molar-refractivity contribution >= 4 is 5.97 Å². The fourth-order valence-corrected chi connectivity index (χ4v) is 1.88. The summed E-state index contributed by atoms with van der Waals surface area (Å²) < 4.78 is 4.91. The van der Waals surface area contributed by atoms with E-state index in [0.29, 0.717) is 18.8 Å². The smallest absolute Gasteiger partial charge is 0.358 e. The lowest BCUT2D eigenvalue weighted by Gasteiger charge is -2.28. The number of likely N-dealkylation sites (tertiary alicyclic amines) is 1. The molecule has 88 valence electrons. The van der Waals surface area contributed by atoms with Crippen LogP contribution in [0.15, 0.2) is 10.6 Å². The molecule has 0 aliphatic carbocycles. The van der Waals surface area contributed by atoms with Crippen molar-refractivity contribution in [3.05, 3.63) is 17.5 Å². The number of aliphatic hydroxyl groups excluding tert-OH is 1. The lowest BCUT2D eigenvalue weighted by Crippen LogP contribution is -2.37. The molecule has 6 nitrogen and oxygen atoms in total. The monoisotopic (exact) mass is 226 g/mol. The van der Waals surface area contributed by atoms with Crippen molar-refractivity contribution in [1.29, 1.82) is 0 Å². The molecule has 16 heavy (non-hydrogen) atoms. The van der Waals surface area contributed by atoms with E-state index < -0.39 is 5.97 Å². The summed E-state index contributed by atoms with van der Waals surface area (Å²) in [6.45, 7) is 1.99. The molecule has 1 unspecified atom stereocenters. The van der Waals surface area contributed by atoms with Gasteiger partial charge < -0.3 is 14.7 Å². The van der Waals surface area contributed by atoms with Crippen molar-refractivity contribution in [2.24, 2.45) is 0 Å². The zero-order valence-electron chi connectivity index (χ0n) is 8.80. The first-order valence-corrected chi connectivity index (χ1v) is 5.24. The third-order valence-electron chi connectivity index (χ3n) is 2.64. The summed E-state index contributed by atoms with van der Waals surface area (Å²) in [4.78, 5) is 12.6. The summed E-state index contributed by atoms with van der Waals surface area (Å²) >= 11 is 0. The third kappa shape index (κ3) is 2.59. The lowest BCUT2D eigenvalue weighted by atomic mass is 10.1. The standard InChI is InChI=1S/C10H14N2O4/c13-7-2-1-3-12(5-7)6-8-4-9(10(14)15)11-16-8/h4,7,13H,1-3,5-6H2,(H,14,15). The highest BCUT2D eigenvalue weighted by Gasteiger charge is 2.19. The fourth-order valence-electron chi connectivity index (χ4n) is 1.88. The maximum atomic E-state index is 10.6. The van der Waals surface area contributed by atoms with Crippen molar-refractivity contribution in [3.63, 3.8) is 0 Å². The van der Waals surface area contributed by atoms with Crippen LogP contribution in [-0.4, -0.2) is 45.4 Å². The Balaban J connectivity index is 1.95. The number of aromatic carboxylic acids is 1. The normalized spacial score (nSPS) is 22.2. The molecular formula is C10H14N2O4. The van der Waals surface area contributed by atoms with Crippen LogP contribution in [0.1, 0.15) is 29.1 Å². The van der Waals surface area contributed by atoms with E-state index in [1.807, 2.05) is 4.90 Å². The Bertz CT molecular complexity index is 377. The van der Waals surface area contributed by atoms with Crippen LogP contribution in [0.5, 0.6) is 0 Å². The van der Waals surface area contributed by atoms with E-state index in [4.69, 9.17) is 9.63 Å². The van der Waals surface area contributed by atoms with Crippen molar-refractivity contribution in [2.75, 3.05) is 13.1 Å². The summed E-state index contributed by atoms with van der Waals surface area (Å²) in [5, 5.41) is 21.6. The summed E-state index contributed by atoms with van der Waals surface area (Å²) in [5.41, 5.74) is -0.0763. The van der Waals surface area contributed by atoms with Gasteiger partial charge in [0.2, 0.25) is 0 Å². The molecule has 1 aliphatic rings. The Hall–Kier alpha value is -1.40. The molecule has 0 saturated carbocycles. The van der Waals surface area contributed by atoms with Gasteiger partial charge in [0, 0.05) is 12.6 Å². The molecule has 0 aromatic carbocycles.